The molecule has 6 nitrogen and oxygen atoms in total. The molecule has 0 spiro atoms. The summed E-state index contributed by atoms with van der Waals surface area (Å²) in [6.07, 6.45) is 3.06. The van der Waals surface area contributed by atoms with Crippen molar-refractivity contribution in [3.05, 3.63) is 34.3 Å². The van der Waals surface area contributed by atoms with Crippen LogP contribution in [-0.4, -0.2) is 26.9 Å². The molecule has 0 unspecified atom stereocenters. The van der Waals surface area contributed by atoms with Crippen LogP contribution in [-0.2, 0) is 6.54 Å². The number of hydrogen-bond donors (Lipinski definition) is 1. The largest absolute Gasteiger partial charge is 0.335 e. The molecule has 0 saturated carbocycles. The molecule has 7 heteroatoms. The van der Waals surface area contributed by atoms with Crippen LogP contribution in [0, 0.1) is 11.3 Å². The Balaban J connectivity index is 1.97. The van der Waals surface area contributed by atoms with Crippen LogP contribution in [0.4, 0.5) is 0 Å². The maximum absolute atomic E-state index is 11.9. The molecular weight excluding hydrogens is 274 g/mol. The smallest absolute Gasteiger partial charge is 0.274 e. The third kappa shape index (κ3) is 3.65. The first-order valence-corrected chi connectivity index (χ1v) is 7.24. The molecule has 1 atom stereocenters. The predicted molar refractivity (Wildman–Crippen MR) is 75.2 cm³/mol. The lowest BCUT2D eigenvalue weighted by atomic mass is 10.2. The van der Waals surface area contributed by atoms with Gasteiger partial charge in [0.2, 0.25) is 0 Å². The number of carbonyl (C=O) groups excluding carboxylic acids is 1. The summed E-state index contributed by atoms with van der Waals surface area (Å²) in [5.41, 5.74) is 0.234. The van der Waals surface area contributed by atoms with Crippen molar-refractivity contribution >= 4 is 17.2 Å². The second-order valence-electron chi connectivity index (χ2n) is 4.32. The Hall–Kier alpha value is -2.20. The van der Waals surface area contributed by atoms with E-state index in [1.807, 2.05) is 24.4 Å². The quantitative estimate of drug-likeness (QED) is 0.879. The molecule has 0 radical (unpaired) electrons. The van der Waals surface area contributed by atoms with Crippen LogP contribution >= 0.6 is 11.3 Å². The fourth-order valence-corrected chi connectivity index (χ4v) is 2.43. The van der Waals surface area contributed by atoms with E-state index in [-0.39, 0.29) is 11.6 Å². The fourth-order valence-electron chi connectivity index (χ4n) is 1.73. The molecule has 0 aliphatic heterocycles. The van der Waals surface area contributed by atoms with E-state index < -0.39 is 6.04 Å². The highest BCUT2D eigenvalue weighted by molar-refractivity contribution is 7.09. The van der Waals surface area contributed by atoms with E-state index >= 15 is 0 Å². The van der Waals surface area contributed by atoms with Gasteiger partial charge < -0.3 is 5.32 Å². The lowest BCUT2D eigenvalue weighted by molar-refractivity contribution is 0.0939. The van der Waals surface area contributed by atoms with Gasteiger partial charge in [-0.25, -0.2) is 4.68 Å². The number of aromatic nitrogens is 3. The first-order valence-electron chi connectivity index (χ1n) is 6.36. The molecule has 0 aliphatic carbocycles. The first kappa shape index (κ1) is 14.2. The molecule has 0 aliphatic rings. The van der Waals surface area contributed by atoms with E-state index in [9.17, 15) is 4.79 Å². The van der Waals surface area contributed by atoms with Crippen LogP contribution in [0.3, 0.4) is 0 Å². The number of amides is 1. The highest BCUT2D eigenvalue weighted by atomic mass is 32.1. The second-order valence-corrected chi connectivity index (χ2v) is 5.36. The number of nitrogens with zero attached hydrogens (tertiary/aromatic N) is 4. The van der Waals surface area contributed by atoms with Gasteiger partial charge in [-0.05, 0) is 17.9 Å². The van der Waals surface area contributed by atoms with Gasteiger partial charge >= 0.3 is 0 Å². The Morgan fingerprint density at radius 1 is 1.65 bits per heavy atom. The fraction of sp³-hybridized carbons (Fsp3) is 0.385. The molecule has 2 heterocycles. The third-order valence-corrected chi connectivity index (χ3v) is 3.57. The van der Waals surface area contributed by atoms with Crippen LogP contribution in [0.1, 0.15) is 35.1 Å². The Kier molecular flexibility index (Phi) is 4.85. The van der Waals surface area contributed by atoms with Crippen LogP contribution in [0.25, 0.3) is 0 Å². The van der Waals surface area contributed by atoms with Crippen LogP contribution in [0.15, 0.2) is 23.7 Å². The summed E-state index contributed by atoms with van der Waals surface area (Å²) in [6.45, 7) is 2.56. The Labute approximate surface area is 121 Å². The lowest BCUT2D eigenvalue weighted by Crippen LogP contribution is -2.33. The molecule has 1 amide bonds. The Bertz CT molecular complexity index is 599. The third-order valence-electron chi connectivity index (χ3n) is 2.71. The summed E-state index contributed by atoms with van der Waals surface area (Å²) in [7, 11) is 0. The van der Waals surface area contributed by atoms with E-state index in [1.54, 1.807) is 22.2 Å². The summed E-state index contributed by atoms with van der Waals surface area (Å²) < 4.78 is 1.61. The average Bonchev–Trinajstić information content (AvgIpc) is 3.10. The van der Waals surface area contributed by atoms with E-state index in [2.05, 4.69) is 21.7 Å². The summed E-state index contributed by atoms with van der Waals surface area (Å²) in [5, 5.41) is 21.3. The van der Waals surface area contributed by atoms with E-state index in [0.29, 0.717) is 13.0 Å². The van der Waals surface area contributed by atoms with Crippen LogP contribution in [0.5, 0.6) is 0 Å². The lowest BCUT2D eigenvalue weighted by Gasteiger charge is -2.08. The normalized spacial score (nSPS) is 11.8. The van der Waals surface area contributed by atoms with Crippen LogP contribution in [0.2, 0.25) is 0 Å². The van der Waals surface area contributed by atoms with Gasteiger partial charge in [0.15, 0.2) is 5.69 Å². The monoisotopic (exact) mass is 289 g/mol. The van der Waals surface area contributed by atoms with Crippen molar-refractivity contribution in [1.82, 2.24) is 20.3 Å². The SMILES string of the molecule is CCC[C@H](C#N)NC(=O)c1cn(Cc2cccs2)nn1. The molecule has 2 aromatic heterocycles. The topological polar surface area (TPSA) is 83.6 Å². The summed E-state index contributed by atoms with van der Waals surface area (Å²) >= 11 is 1.62. The zero-order valence-corrected chi connectivity index (χ0v) is 11.9. The minimum atomic E-state index is -0.477. The molecule has 1 N–H and O–H groups in total. The van der Waals surface area contributed by atoms with Gasteiger partial charge in [-0.2, -0.15) is 5.26 Å². The Morgan fingerprint density at radius 3 is 3.15 bits per heavy atom. The number of nitrogens with one attached hydrogen (secondary N) is 1. The van der Waals surface area contributed by atoms with Crippen molar-refractivity contribution in [3.8, 4) is 6.07 Å². The number of rotatable bonds is 6. The van der Waals surface area contributed by atoms with Crippen LogP contribution < -0.4 is 5.32 Å². The zero-order chi connectivity index (χ0) is 14.4. The predicted octanol–water partition coefficient (Wildman–Crippen LogP) is 1.81. The zero-order valence-electron chi connectivity index (χ0n) is 11.1. The van der Waals surface area contributed by atoms with Crippen molar-refractivity contribution in [3.63, 3.8) is 0 Å². The highest BCUT2D eigenvalue weighted by Gasteiger charge is 2.15. The molecular formula is C13H15N5OS. The first-order chi connectivity index (χ1) is 9.72. The van der Waals surface area contributed by atoms with Gasteiger partial charge in [0, 0.05) is 4.88 Å². The summed E-state index contributed by atoms with van der Waals surface area (Å²) in [6, 6.07) is 5.55. The van der Waals surface area contributed by atoms with Crippen molar-refractivity contribution in [2.45, 2.75) is 32.4 Å². The number of carbonyl (C=O) groups is 1. The number of thiophene rings is 1. The van der Waals surface area contributed by atoms with Crippen molar-refractivity contribution in [1.29, 1.82) is 5.26 Å². The van der Waals surface area contributed by atoms with E-state index in [4.69, 9.17) is 5.26 Å². The molecule has 2 rings (SSSR count). The highest BCUT2D eigenvalue weighted by Crippen LogP contribution is 2.10. The van der Waals surface area contributed by atoms with Gasteiger partial charge in [-0.15, -0.1) is 16.4 Å². The van der Waals surface area contributed by atoms with Gasteiger partial charge in [0.1, 0.15) is 6.04 Å². The van der Waals surface area contributed by atoms with Gasteiger partial charge in [0.05, 0.1) is 18.8 Å². The van der Waals surface area contributed by atoms with E-state index in [0.717, 1.165) is 11.3 Å². The number of hydrogen-bond acceptors (Lipinski definition) is 5. The molecule has 0 saturated heterocycles. The van der Waals surface area contributed by atoms with Gasteiger partial charge in [0.25, 0.3) is 5.91 Å². The second kappa shape index (κ2) is 6.82. The Morgan fingerprint density at radius 2 is 2.50 bits per heavy atom. The van der Waals surface area contributed by atoms with E-state index in [1.165, 1.54) is 0 Å². The summed E-state index contributed by atoms with van der Waals surface area (Å²) in [5.74, 6) is -0.359. The summed E-state index contributed by atoms with van der Waals surface area (Å²) in [4.78, 5) is 13.1. The minimum Gasteiger partial charge on any atom is -0.335 e. The molecule has 20 heavy (non-hydrogen) atoms. The average molecular weight is 289 g/mol. The van der Waals surface area contributed by atoms with Crippen molar-refractivity contribution < 1.29 is 4.79 Å². The maximum Gasteiger partial charge on any atom is 0.274 e. The minimum absolute atomic E-state index is 0.234. The van der Waals surface area contributed by atoms with Crippen molar-refractivity contribution in [2.24, 2.45) is 0 Å². The van der Waals surface area contributed by atoms with Gasteiger partial charge in [-0.1, -0.05) is 24.6 Å². The molecule has 0 aromatic carbocycles. The number of nitriles is 1. The maximum atomic E-state index is 11.9. The van der Waals surface area contributed by atoms with Crippen molar-refractivity contribution in [2.75, 3.05) is 0 Å². The molecule has 0 fully saturated rings. The standard InChI is InChI=1S/C13H15N5OS/c1-2-4-10(7-14)15-13(19)12-9-18(17-16-12)8-11-5-3-6-20-11/h3,5-6,9-10H,2,4,8H2,1H3,(H,15,19)/t10-/m1/s1. The molecule has 2 aromatic rings. The van der Waals surface area contributed by atoms with Gasteiger partial charge in [-0.3, -0.25) is 4.79 Å². The molecule has 104 valence electrons. The molecule has 0 bridgehead atoms.